The molecule has 5 heteroatoms. The third-order valence-corrected chi connectivity index (χ3v) is 3.87. The van der Waals surface area contributed by atoms with Crippen LogP contribution in [0.5, 0.6) is 17.2 Å². The van der Waals surface area contributed by atoms with E-state index in [-0.39, 0.29) is 5.75 Å². The molecule has 0 amide bonds. The van der Waals surface area contributed by atoms with Gasteiger partial charge in [0.15, 0.2) is 0 Å². The molecule has 0 radical (unpaired) electrons. The van der Waals surface area contributed by atoms with Crippen LogP contribution in [0.15, 0.2) is 41.4 Å². The summed E-state index contributed by atoms with van der Waals surface area (Å²) in [7, 11) is 3.20. The highest BCUT2D eigenvalue weighted by Crippen LogP contribution is 2.32. The first-order valence-electron chi connectivity index (χ1n) is 7.97. The molecule has 2 aromatic rings. The maximum Gasteiger partial charge on any atom is 0.144 e. The maximum absolute atomic E-state index is 10.3. The topological polar surface area (TPSA) is 54.3 Å². The molecule has 0 saturated carbocycles. The van der Waals surface area contributed by atoms with E-state index in [2.05, 4.69) is 23.7 Å². The van der Waals surface area contributed by atoms with Crippen molar-refractivity contribution in [2.24, 2.45) is 4.99 Å². The molecule has 1 N–H and O–H groups in total. The van der Waals surface area contributed by atoms with Crippen LogP contribution >= 0.6 is 0 Å². The first-order valence-corrected chi connectivity index (χ1v) is 7.97. The van der Waals surface area contributed by atoms with Crippen molar-refractivity contribution in [2.75, 3.05) is 32.2 Å². The number of nitrogens with zero attached hydrogens (tertiary/aromatic N) is 2. The van der Waals surface area contributed by atoms with Gasteiger partial charge >= 0.3 is 0 Å². The summed E-state index contributed by atoms with van der Waals surface area (Å²) in [5.41, 5.74) is 2.29. The number of aliphatic imine (C=N–C) groups is 1. The zero-order valence-corrected chi connectivity index (χ0v) is 14.6. The van der Waals surface area contributed by atoms with Crippen molar-refractivity contribution in [3.63, 3.8) is 0 Å². The quantitative estimate of drug-likeness (QED) is 0.780. The number of hydrogen-bond donors (Lipinski definition) is 1. The van der Waals surface area contributed by atoms with Crippen molar-refractivity contribution in [2.45, 2.75) is 13.8 Å². The van der Waals surface area contributed by atoms with Gasteiger partial charge in [0.2, 0.25) is 0 Å². The van der Waals surface area contributed by atoms with E-state index in [0.29, 0.717) is 22.7 Å². The zero-order chi connectivity index (χ0) is 17.5. The summed E-state index contributed by atoms with van der Waals surface area (Å²) in [5.74, 6) is 1.54. The minimum absolute atomic E-state index is 0.199. The predicted octanol–water partition coefficient (Wildman–Crippen LogP) is 4.01. The van der Waals surface area contributed by atoms with Crippen LogP contribution in [0.4, 0.5) is 11.4 Å². The molecule has 0 aliphatic rings. The molecule has 0 fully saturated rings. The first kappa shape index (κ1) is 17.7. The molecule has 0 spiro atoms. The summed E-state index contributed by atoms with van der Waals surface area (Å²) in [5, 5.41) is 10.3. The zero-order valence-electron chi connectivity index (χ0n) is 14.6. The average Bonchev–Trinajstić information content (AvgIpc) is 2.61. The van der Waals surface area contributed by atoms with E-state index in [1.165, 1.54) is 0 Å². The molecule has 0 saturated heterocycles. The van der Waals surface area contributed by atoms with Crippen LogP contribution in [0.3, 0.4) is 0 Å². The summed E-state index contributed by atoms with van der Waals surface area (Å²) in [6.45, 7) is 5.96. The lowest BCUT2D eigenvalue weighted by molar-refractivity contribution is 0.404. The molecule has 0 aromatic heterocycles. The van der Waals surface area contributed by atoms with Crippen LogP contribution in [-0.4, -0.2) is 38.6 Å². The summed E-state index contributed by atoms with van der Waals surface area (Å²) >= 11 is 0. The minimum Gasteiger partial charge on any atom is -0.507 e. The number of benzene rings is 2. The number of hydrogen-bond acceptors (Lipinski definition) is 5. The Labute approximate surface area is 143 Å². The van der Waals surface area contributed by atoms with Crippen molar-refractivity contribution in [1.82, 2.24) is 0 Å². The third-order valence-electron chi connectivity index (χ3n) is 3.87. The molecule has 0 bridgehead atoms. The van der Waals surface area contributed by atoms with Gasteiger partial charge in [0.05, 0.1) is 14.2 Å². The summed E-state index contributed by atoms with van der Waals surface area (Å²) < 4.78 is 10.5. The number of rotatable bonds is 7. The van der Waals surface area contributed by atoms with Gasteiger partial charge in [0.1, 0.15) is 22.9 Å². The van der Waals surface area contributed by atoms with Crippen molar-refractivity contribution in [3.05, 3.63) is 42.0 Å². The van der Waals surface area contributed by atoms with Gasteiger partial charge < -0.3 is 19.5 Å². The normalized spacial score (nSPS) is 10.8. The average molecular weight is 328 g/mol. The molecule has 128 valence electrons. The van der Waals surface area contributed by atoms with Crippen LogP contribution in [-0.2, 0) is 0 Å². The van der Waals surface area contributed by atoms with Gasteiger partial charge in [0.25, 0.3) is 0 Å². The van der Waals surface area contributed by atoms with E-state index in [4.69, 9.17) is 9.47 Å². The van der Waals surface area contributed by atoms with E-state index in [1.807, 2.05) is 18.2 Å². The van der Waals surface area contributed by atoms with Crippen molar-refractivity contribution in [1.29, 1.82) is 0 Å². The molecule has 0 aliphatic carbocycles. The largest absolute Gasteiger partial charge is 0.507 e. The highest BCUT2D eigenvalue weighted by atomic mass is 16.5. The van der Waals surface area contributed by atoms with Gasteiger partial charge in [-0.25, -0.2) is 0 Å². The molecule has 2 rings (SSSR count). The molecule has 24 heavy (non-hydrogen) atoms. The molecule has 2 aromatic carbocycles. The minimum atomic E-state index is 0.199. The number of anilines is 1. The molecule has 0 atom stereocenters. The van der Waals surface area contributed by atoms with E-state index < -0.39 is 0 Å². The molecule has 0 aliphatic heterocycles. The van der Waals surface area contributed by atoms with Crippen LogP contribution in [0.25, 0.3) is 0 Å². The Balaban J connectivity index is 2.29. The fourth-order valence-electron chi connectivity index (χ4n) is 2.46. The molecular formula is C19H24N2O3. The van der Waals surface area contributed by atoms with Gasteiger partial charge in [-0.3, -0.25) is 4.99 Å². The highest BCUT2D eigenvalue weighted by molar-refractivity contribution is 5.87. The summed E-state index contributed by atoms with van der Waals surface area (Å²) in [6, 6.07) is 11.0. The smallest absolute Gasteiger partial charge is 0.144 e. The SMILES string of the molecule is CCN(CC)c1ccc(C=Nc2cc(OC)ccc2OC)c(O)c1. The lowest BCUT2D eigenvalue weighted by atomic mass is 10.1. The number of phenols is 1. The standard InChI is InChI=1S/C19H24N2O3/c1-5-21(6-2)15-8-7-14(18(22)11-15)13-20-17-12-16(23-3)9-10-19(17)24-4/h7-13,22H,5-6H2,1-4H3. The molecule has 0 heterocycles. The third kappa shape index (κ3) is 3.98. The lowest BCUT2D eigenvalue weighted by Crippen LogP contribution is -2.21. The van der Waals surface area contributed by atoms with Crippen LogP contribution in [0.2, 0.25) is 0 Å². The number of aromatic hydroxyl groups is 1. The summed E-state index contributed by atoms with van der Waals surface area (Å²) in [6.07, 6.45) is 1.62. The fourth-order valence-corrected chi connectivity index (χ4v) is 2.46. The molecule has 0 unspecified atom stereocenters. The van der Waals surface area contributed by atoms with Crippen LogP contribution < -0.4 is 14.4 Å². The Morgan fingerprint density at radius 2 is 1.79 bits per heavy atom. The monoisotopic (exact) mass is 328 g/mol. The Hall–Kier alpha value is -2.69. The van der Waals surface area contributed by atoms with Crippen LogP contribution in [0.1, 0.15) is 19.4 Å². The Morgan fingerprint density at radius 3 is 2.38 bits per heavy atom. The van der Waals surface area contributed by atoms with E-state index in [1.54, 1.807) is 38.6 Å². The predicted molar refractivity (Wildman–Crippen MR) is 98.5 cm³/mol. The fraction of sp³-hybridized carbons (Fsp3) is 0.316. The van der Waals surface area contributed by atoms with E-state index in [9.17, 15) is 5.11 Å². The van der Waals surface area contributed by atoms with Gasteiger partial charge in [-0.15, -0.1) is 0 Å². The van der Waals surface area contributed by atoms with E-state index in [0.717, 1.165) is 18.8 Å². The number of ether oxygens (including phenoxy) is 2. The second-order valence-electron chi connectivity index (χ2n) is 5.21. The number of phenolic OH excluding ortho intramolecular Hbond substituents is 1. The van der Waals surface area contributed by atoms with Gasteiger partial charge in [-0.1, -0.05) is 0 Å². The maximum atomic E-state index is 10.3. The van der Waals surface area contributed by atoms with Crippen LogP contribution in [0, 0.1) is 0 Å². The van der Waals surface area contributed by atoms with Crippen molar-refractivity contribution >= 4 is 17.6 Å². The Kier molecular flexibility index (Phi) is 6.07. The van der Waals surface area contributed by atoms with Gasteiger partial charge in [0, 0.05) is 42.7 Å². The van der Waals surface area contributed by atoms with Gasteiger partial charge in [-0.2, -0.15) is 0 Å². The highest BCUT2D eigenvalue weighted by Gasteiger charge is 2.07. The van der Waals surface area contributed by atoms with Crippen molar-refractivity contribution in [3.8, 4) is 17.2 Å². The summed E-state index contributed by atoms with van der Waals surface area (Å²) in [4.78, 5) is 6.60. The van der Waals surface area contributed by atoms with Crippen molar-refractivity contribution < 1.29 is 14.6 Å². The number of methoxy groups -OCH3 is 2. The lowest BCUT2D eigenvalue weighted by Gasteiger charge is -2.21. The van der Waals surface area contributed by atoms with E-state index >= 15 is 0 Å². The second kappa shape index (κ2) is 8.24. The molecule has 5 nitrogen and oxygen atoms in total. The van der Waals surface area contributed by atoms with Gasteiger partial charge in [-0.05, 0) is 38.1 Å². The Bertz CT molecular complexity index is 710. The Morgan fingerprint density at radius 1 is 1.04 bits per heavy atom. The molecular weight excluding hydrogens is 304 g/mol. The second-order valence-corrected chi connectivity index (χ2v) is 5.21. The first-order chi connectivity index (χ1) is 11.6.